The highest BCUT2D eigenvalue weighted by Crippen LogP contribution is 2.37. The van der Waals surface area contributed by atoms with Gasteiger partial charge in [-0.15, -0.1) is 0 Å². The van der Waals surface area contributed by atoms with Crippen LogP contribution in [0.15, 0.2) is 0 Å². The summed E-state index contributed by atoms with van der Waals surface area (Å²) in [6.45, 7) is 3.76. The number of carboxylic acids is 1. The van der Waals surface area contributed by atoms with Crippen LogP contribution in [0.25, 0.3) is 0 Å². The fourth-order valence-electron chi connectivity index (χ4n) is 2.85. The molecule has 1 N–H and O–H groups in total. The van der Waals surface area contributed by atoms with Crippen LogP contribution in [0.5, 0.6) is 0 Å². The molecule has 18 heavy (non-hydrogen) atoms. The van der Waals surface area contributed by atoms with Gasteiger partial charge in [0.15, 0.2) is 0 Å². The first-order chi connectivity index (χ1) is 8.39. The lowest BCUT2D eigenvalue weighted by molar-refractivity contribution is -0.145. The molecule has 0 heterocycles. The molecule has 0 aromatic carbocycles. The highest BCUT2D eigenvalue weighted by atomic mass is 32.2. The summed E-state index contributed by atoms with van der Waals surface area (Å²) >= 11 is 0. The van der Waals surface area contributed by atoms with E-state index in [1.165, 1.54) is 0 Å². The van der Waals surface area contributed by atoms with Gasteiger partial charge in [0.1, 0.15) is 9.84 Å². The van der Waals surface area contributed by atoms with Crippen LogP contribution in [0.2, 0.25) is 0 Å². The minimum Gasteiger partial charge on any atom is -0.481 e. The maximum Gasteiger partial charge on any atom is 0.306 e. The first-order valence-electron chi connectivity index (χ1n) is 6.82. The molecule has 3 atom stereocenters. The number of sulfone groups is 1. The Labute approximate surface area is 110 Å². The molecule has 0 aliphatic heterocycles. The topological polar surface area (TPSA) is 71.4 Å². The molecule has 0 bridgehead atoms. The molecule has 4 nitrogen and oxygen atoms in total. The molecule has 0 saturated heterocycles. The molecule has 1 saturated carbocycles. The lowest BCUT2D eigenvalue weighted by atomic mass is 9.72. The SMILES string of the molecule is CCC1CCC(C(=O)O)C(CCS(=O)(=O)CC)C1. The predicted octanol–water partition coefficient (Wildman–Crippen LogP) is 2.34. The van der Waals surface area contributed by atoms with Gasteiger partial charge in [-0.05, 0) is 37.5 Å². The molecule has 0 aromatic rings. The second-order valence-electron chi connectivity index (χ2n) is 5.32. The van der Waals surface area contributed by atoms with E-state index in [0.29, 0.717) is 18.8 Å². The van der Waals surface area contributed by atoms with Gasteiger partial charge in [0, 0.05) is 5.75 Å². The van der Waals surface area contributed by atoms with Crippen molar-refractivity contribution in [2.75, 3.05) is 11.5 Å². The Morgan fingerprint density at radius 1 is 1.28 bits per heavy atom. The van der Waals surface area contributed by atoms with Crippen LogP contribution >= 0.6 is 0 Å². The fourth-order valence-corrected chi connectivity index (χ4v) is 3.80. The molecule has 0 spiro atoms. The minimum atomic E-state index is -2.99. The molecule has 1 aliphatic carbocycles. The average Bonchev–Trinajstić information content (AvgIpc) is 2.36. The van der Waals surface area contributed by atoms with E-state index >= 15 is 0 Å². The zero-order valence-corrected chi connectivity index (χ0v) is 12.1. The molecule has 106 valence electrons. The van der Waals surface area contributed by atoms with Gasteiger partial charge in [0.2, 0.25) is 0 Å². The number of carbonyl (C=O) groups is 1. The van der Waals surface area contributed by atoms with Gasteiger partial charge >= 0.3 is 5.97 Å². The first-order valence-corrected chi connectivity index (χ1v) is 8.65. The van der Waals surface area contributed by atoms with Gasteiger partial charge in [-0.3, -0.25) is 4.79 Å². The van der Waals surface area contributed by atoms with Crippen LogP contribution < -0.4 is 0 Å². The van der Waals surface area contributed by atoms with Crippen LogP contribution in [-0.2, 0) is 14.6 Å². The van der Waals surface area contributed by atoms with E-state index in [-0.39, 0.29) is 23.3 Å². The summed E-state index contributed by atoms with van der Waals surface area (Å²) < 4.78 is 23.0. The van der Waals surface area contributed by atoms with Crippen molar-refractivity contribution in [3.8, 4) is 0 Å². The van der Waals surface area contributed by atoms with E-state index in [1.54, 1.807) is 6.92 Å². The standard InChI is InChI=1S/C13H24O4S/c1-3-10-5-6-12(13(14)15)11(9-10)7-8-18(16,17)4-2/h10-12H,3-9H2,1-2H3,(H,14,15). The highest BCUT2D eigenvalue weighted by molar-refractivity contribution is 7.91. The van der Waals surface area contributed by atoms with Crippen molar-refractivity contribution in [1.82, 2.24) is 0 Å². The summed E-state index contributed by atoms with van der Waals surface area (Å²) in [6.07, 6.45) is 4.09. The molecular weight excluding hydrogens is 252 g/mol. The first kappa shape index (κ1) is 15.5. The number of aliphatic carboxylic acids is 1. The molecule has 0 radical (unpaired) electrons. The number of hydrogen-bond acceptors (Lipinski definition) is 3. The van der Waals surface area contributed by atoms with Crippen LogP contribution in [-0.4, -0.2) is 31.0 Å². The Hall–Kier alpha value is -0.580. The predicted molar refractivity (Wildman–Crippen MR) is 71.2 cm³/mol. The third-order valence-corrected chi connectivity index (χ3v) is 5.96. The third-order valence-electron chi connectivity index (χ3n) is 4.23. The van der Waals surface area contributed by atoms with E-state index in [4.69, 9.17) is 0 Å². The number of carboxylic acid groups (broad SMARTS) is 1. The van der Waals surface area contributed by atoms with Gasteiger partial charge in [-0.25, -0.2) is 8.42 Å². The Balaban J connectivity index is 2.64. The second kappa shape index (κ2) is 6.55. The van der Waals surface area contributed by atoms with Crippen LogP contribution in [0.4, 0.5) is 0 Å². The maximum atomic E-state index is 11.5. The van der Waals surface area contributed by atoms with Gasteiger partial charge in [-0.1, -0.05) is 20.3 Å². The lowest BCUT2D eigenvalue weighted by Crippen LogP contribution is -2.32. The number of hydrogen-bond donors (Lipinski definition) is 1. The van der Waals surface area contributed by atoms with Gasteiger partial charge in [0.05, 0.1) is 11.7 Å². The molecule has 0 amide bonds. The number of rotatable bonds is 6. The summed E-state index contributed by atoms with van der Waals surface area (Å²) in [7, 11) is -2.99. The lowest BCUT2D eigenvalue weighted by Gasteiger charge is -2.33. The van der Waals surface area contributed by atoms with Crippen molar-refractivity contribution in [3.05, 3.63) is 0 Å². The van der Waals surface area contributed by atoms with Crippen molar-refractivity contribution in [3.63, 3.8) is 0 Å². The highest BCUT2D eigenvalue weighted by Gasteiger charge is 2.34. The fraction of sp³-hybridized carbons (Fsp3) is 0.923. The molecule has 5 heteroatoms. The quantitative estimate of drug-likeness (QED) is 0.808. The molecule has 1 rings (SSSR count). The van der Waals surface area contributed by atoms with Crippen LogP contribution in [0.1, 0.15) is 46.0 Å². The third kappa shape index (κ3) is 4.26. The zero-order valence-electron chi connectivity index (χ0n) is 11.3. The van der Waals surface area contributed by atoms with Crippen LogP contribution in [0.3, 0.4) is 0 Å². The summed E-state index contributed by atoms with van der Waals surface area (Å²) in [4.78, 5) is 11.2. The molecule has 1 fully saturated rings. The Kier molecular flexibility index (Phi) is 5.63. The van der Waals surface area contributed by atoms with Crippen molar-refractivity contribution in [2.24, 2.45) is 17.8 Å². The van der Waals surface area contributed by atoms with Crippen molar-refractivity contribution < 1.29 is 18.3 Å². The van der Waals surface area contributed by atoms with Crippen molar-refractivity contribution in [2.45, 2.75) is 46.0 Å². The normalized spacial score (nSPS) is 29.1. The van der Waals surface area contributed by atoms with Crippen molar-refractivity contribution in [1.29, 1.82) is 0 Å². The maximum absolute atomic E-state index is 11.5. The Morgan fingerprint density at radius 2 is 1.94 bits per heavy atom. The zero-order chi connectivity index (χ0) is 13.8. The van der Waals surface area contributed by atoms with Gasteiger partial charge in [0.25, 0.3) is 0 Å². The molecule has 0 aromatic heterocycles. The molecular formula is C13H24O4S. The van der Waals surface area contributed by atoms with Gasteiger partial charge in [-0.2, -0.15) is 0 Å². The largest absolute Gasteiger partial charge is 0.481 e. The smallest absolute Gasteiger partial charge is 0.306 e. The second-order valence-corrected chi connectivity index (χ2v) is 7.79. The van der Waals surface area contributed by atoms with Crippen LogP contribution in [0, 0.1) is 17.8 Å². The van der Waals surface area contributed by atoms with Crippen molar-refractivity contribution >= 4 is 15.8 Å². The summed E-state index contributed by atoms with van der Waals surface area (Å²) in [5, 5.41) is 9.20. The minimum absolute atomic E-state index is 0.0301. The van der Waals surface area contributed by atoms with E-state index < -0.39 is 15.8 Å². The van der Waals surface area contributed by atoms with E-state index in [2.05, 4.69) is 6.92 Å². The summed E-state index contributed by atoms with van der Waals surface area (Å²) in [6, 6.07) is 0. The van der Waals surface area contributed by atoms with E-state index in [0.717, 1.165) is 19.3 Å². The molecule has 3 unspecified atom stereocenters. The summed E-state index contributed by atoms with van der Waals surface area (Å²) in [5.41, 5.74) is 0. The Morgan fingerprint density at radius 3 is 2.44 bits per heavy atom. The van der Waals surface area contributed by atoms with E-state index in [1.807, 2.05) is 0 Å². The monoisotopic (exact) mass is 276 g/mol. The molecule has 1 aliphatic rings. The van der Waals surface area contributed by atoms with Gasteiger partial charge < -0.3 is 5.11 Å². The summed E-state index contributed by atoms with van der Waals surface area (Å²) in [5.74, 6) is -0.232. The Bertz CT molecular complexity index is 374. The average molecular weight is 276 g/mol. The van der Waals surface area contributed by atoms with E-state index in [9.17, 15) is 18.3 Å².